The quantitative estimate of drug-likeness (QED) is 0.870. The van der Waals surface area contributed by atoms with E-state index < -0.39 is 0 Å². The van der Waals surface area contributed by atoms with Crippen LogP contribution in [0.4, 0.5) is 0 Å². The summed E-state index contributed by atoms with van der Waals surface area (Å²) in [6.07, 6.45) is 10.6. The van der Waals surface area contributed by atoms with Crippen LogP contribution in [0.2, 0.25) is 0 Å². The molecule has 1 amide bonds. The maximum atomic E-state index is 13.2. The molecule has 5 saturated carbocycles. The maximum absolute atomic E-state index is 13.2. The second kappa shape index (κ2) is 6.37. The summed E-state index contributed by atoms with van der Waals surface area (Å²) in [5.74, 6) is 2.64. The van der Waals surface area contributed by atoms with Crippen molar-refractivity contribution in [2.75, 3.05) is 0 Å². The zero-order valence-corrected chi connectivity index (χ0v) is 15.7. The van der Waals surface area contributed by atoms with E-state index in [1.807, 2.05) is 0 Å². The number of nitrogens with one attached hydrogen (secondary N) is 1. The van der Waals surface area contributed by atoms with Crippen molar-refractivity contribution in [1.29, 1.82) is 0 Å². The molecular formula is C23H32N2O. The molecule has 0 aromatic heterocycles. The lowest BCUT2D eigenvalue weighted by Gasteiger charge is -2.60. The molecule has 5 aliphatic rings. The topological polar surface area (TPSA) is 55.1 Å². The summed E-state index contributed by atoms with van der Waals surface area (Å²) in [5.41, 5.74) is 7.90. The predicted octanol–water partition coefficient (Wildman–Crippen LogP) is 3.77. The number of rotatable bonds is 3. The summed E-state index contributed by atoms with van der Waals surface area (Å²) in [5, 5.41) is 3.43. The van der Waals surface area contributed by atoms with Crippen molar-refractivity contribution in [3.05, 3.63) is 35.9 Å². The second-order valence-electron chi connectivity index (χ2n) is 9.76. The first-order chi connectivity index (χ1) is 12.6. The fraction of sp³-hybridized carbons (Fsp3) is 0.696. The highest BCUT2D eigenvalue weighted by Gasteiger charge is 2.57. The fourth-order valence-electron chi connectivity index (χ4n) is 7.16. The van der Waals surface area contributed by atoms with E-state index in [9.17, 15) is 4.79 Å². The Bertz CT molecular complexity index is 648. The highest BCUT2D eigenvalue weighted by atomic mass is 16.2. The summed E-state index contributed by atoms with van der Waals surface area (Å²) in [6, 6.07) is 11.9. The van der Waals surface area contributed by atoms with Crippen molar-refractivity contribution < 1.29 is 4.79 Å². The number of nitrogens with two attached hydrogens (primary N) is 1. The lowest BCUT2D eigenvalue weighted by atomic mass is 9.44. The predicted molar refractivity (Wildman–Crippen MR) is 104 cm³/mol. The molecular weight excluding hydrogens is 320 g/mol. The van der Waals surface area contributed by atoms with Crippen LogP contribution in [0, 0.1) is 23.7 Å². The molecule has 0 radical (unpaired) electrons. The normalized spacial score (nSPS) is 44.0. The van der Waals surface area contributed by atoms with E-state index in [0.29, 0.717) is 35.2 Å². The smallest absolute Gasteiger partial charge is 0.223 e. The summed E-state index contributed by atoms with van der Waals surface area (Å²) in [7, 11) is 0. The highest BCUT2D eigenvalue weighted by Crippen LogP contribution is 2.62. The lowest BCUT2D eigenvalue weighted by Crippen LogP contribution is -2.57. The lowest BCUT2D eigenvalue weighted by molar-refractivity contribution is -0.141. The molecule has 2 unspecified atom stereocenters. The van der Waals surface area contributed by atoms with Gasteiger partial charge in [-0.05, 0) is 86.5 Å². The van der Waals surface area contributed by atoms with Gasteiger partial charge in [0.1, 0.15) is 0 Å². The average Bonchev–Trinajstić information content (AvgIpc) is 2.63. The standard InChI is InChI=1S/C23H32N2O/c24-19-6-8-20(9-7-19)25-22(26)21-16-10-15-11-17(21)14-23(12-15,13-16)18-4-2-1-3-5-18/h1-5,15-17,19-21H,6-14,24H2,(H,25,26)/t15?,16?,17?,19-,20-,21?,23?. The number of carbonyl (C=O) groups excluding carboxylic acids is 1. The van der Waals surface area contributed by atoms with Crippen molar-refractivity contribution >= 4 is 5.91 Å². The molecule has 0 aliphatic heterocycles. The molecule has 5 aliphatic carbocycles. The molecule has 3 N–H and O–H groups in total. The molecule has 0 spiro atoms. The van der Waals surface area contributed by atoms with Gasteiger partial charge < -0.3 is 11.1 Å². The van der Waals surface area contributed by atoms with Gasteiger partial charge in [-0.15, -0.1) is 0 Å². The molecule has 6 rings (SSSR count). The van der Waals surface area contributed by atoms with Crippen LogP contribution in [-0.2, 0) is 10.2 Å². The zero-order valence-electron chi connectivity index (χ0n) is 15.7. The van der Waals surface area contributed by atoms with Crippen LogP contribution in [0.1, 0.15) is 63.4 Å². The molecule has 4 bridgehead atoms. The van der Waals surface area contributed by atoms with Crippen LogP contribution in [0.3, 0.4) is 0 Å². The van der Waals surface area contributed by atoms with Crippen LogP contribution in [0.5, 0.6) is 0 Å². The molecule has 140 valence electrons. The first-order valence-electron chi connectivity index (χ1n) is 10.7. The highest BCUT2D eigenvalue weighted by molar-refractivity contribution is 5.80. The minimum Gasteiger partial charge on any atom is -0.353 e. The van der Waals surface area contributed by atoms with Crippen LogP contribution in [0.15, 0.2) is 30.3 Å². The average molecular weight is 353 g/mol. The molecule has 1 aromatic carbocycles. The Hall–Kier alpha value is -1.35. The van der Waals surface area contributed by atoms with Gasteiger partial charge in [-0.2, -0.15) is 0 Å². The van der Waals surface area contributed by atoms with Crippen LogP contribution in [-0.4, -0.2) is 18.0 Å². The van der Waals surface area contributed by atoms with Gasteiger partial charge in [0, 0.05) is 18.0 Å². The van der Waals surface area contributed by atoms with E-state index in [-0.39, 0.29) is 5.92 Å². The molecule has 26 heavy (non-hydrogen) atoms. The van der Waals surface area contributed by atoms with Gasteiger partial charge in [0.15, 0.2) is 0 Å². The van der Waals surface area contributed by atoms with Gasteiger partial charge in [-0.3, -0.25) is 4.79 Å². The number of amides is 1. The van der Waals surface area contributed by atoms with Crippen molar-refractivity contribution in [3.63, 3.8) is 0 Å². The Balaban J connectivity index is 1.32. The third-order valence-corrected chi connectivity index (χ3v) is 8.08. The van der Waals surface area contributed by atoms with Crippen molar-refractivity contribution in [1.82, 2.24) is 5.32 Å². The monoisotopic (exact) mass is 352 g/mol. The van der Waals surface area contributed by atoms with Crippen molar-refractivity contribution in [3.8, 4) is 0 Å². The number of benzene rings is 1. The molecule has 0 heterocycles. The summed E-state index contributed by atoms with van der Waals surface area (Å²) < 4.78 is 0. The Kier molecular flexibility index (Phi) is 4.11. The van der Waals surface area contributed by atoms with E-state index in [1.165, 1.54) is 37.7 Å². The van der Waals surface area contributed by atoms with Gasteiger partial charge in [0.25, 0.3) is 0 Å². The summed E-state index contributed by atoms with van der Waals surface area (Å²) >= 11 is 0. The summed E-state index contributed by atoms with van der Waals surface area (Å²) in [4.78, 5) is 13.2. The Morgan fingerprint density at radius 2 is 1.62 bits per heavy atom. The molecule has 0 saturated heterocycles. The number of hydrogen-bond donors (Lipinski definition) is 2. The first-order valence-corrected chi connectivity index (χ1v) is 10.7. The zero-order chi connectivity index (χ0) is 17.7. The third kappa shape index (κ3) is 2.79. The number of carbonyl (C=O) groups is 1. The SMILES string of the molecule is N[C@H]1CC[C@H](NC(=O)C2C3CC4CC2CC(c2ccccc2)(C4)C3)CC1. The third-order valence-electron chi connectivity index (χ3n) is 8.08. The van der Waals surface area contributed by atoms with Gasteiger partial charge in [0.2, 0.25) is 5.91 Å². The second-order valence-corrected chi connectivity index (χ2v) is 9.76. The Labute approximate surface area is 157 Å². The molecule has 3 nitrogen and oxygen atoms in total. The van der Waals surface area contributed by atoms with Crippen molar-refractivity contribution in [2.24, 2.45) is 29.4 Å². The molecule has 5 fully saturated rings. The van der Waals surface area contributed by atoms with E-state index in [0.717, 1.165) is 31.6 Å². The Morgan fingerprint density at radius 3 is 2.27 bits per heavy atom. The van der Waals surface area contributed by atoms with Crippen LogP contribution in [0.25, 0.3) is 0 Å². The first kappa shape index (κ1) is 16.8. The summed E-state index contributed by atoms with van der Waals surface area (Å²) in [6.45, 7) is 0. The van der Waals surface area contributed by atoms with Gasteiger partial charge >= 0.3 is 0 Å². The van der Waals surface area contributed by atoms with E-state index in [2.05, 4.69) is 35.6 Å². The van der Waals surface area contributed by atoms with Crippen molar-refractivity contribution in [2.45, 2.75) is 75.3 Å². The number of hydrogen-bond acceptors (Lipinski definition) is 2. The largest absolute Gasteiger partial charge is 0.353 e. The minimum atomic E-state index is 0.263. The van der Waals surface area contributed by atoms with Gasteiger partial charge in [-0.25, -0.2) is 0 Å². The molecule has 1 aromatic rings. The van der Waals surface area contributed by atoms with E-state index >= 15 is 0 Å². The molecule has 3 heteroatoms. The van der Waals surface area contributed by atoms with Crippen LogP contribution < -0.4 is 11.1 Å². The van der Waals surface area contributed by atoms with Gasteiger partial charge in [0.05, 0.1) is 0 Å². The molecule has 2 atom stereocenters. The van der Waals surface area contributed by atoms with Crippen LogP contribution >= 0.6 is 0 Å². The fourth-order valence-corrected chi connectivity index (χ4v) is 7.16. The van der Waals surface area contributed by atoms with E-state index in [1.54, 1.807) is 0 Å². The minimum absolute atomic E-state index is 0.263. The van der Waals surface area contributed by atoms with Gasteiger partial charge in [-0.1, -0.05) is 30.3 Å². The maximum Gasteiger partial charge on any atom is 0.223 e. The van der Waals surface area contributed by atoms with E-state index in [4.69, 9.17) is 5.73 Å². The Morgan fingerprint density at radius 1 is 0.962 bits per heavy atom.